The highest BCUT2D eigenvalue weighted by molar-refractivity contribution is 6.62. The van der Waals surface area contributed by atoms with Crippen LogP contribution in [0.3, 0.4) is 0 Å². The molecular weight excluding hydrogens is 315 g/mol. The molecule has 0 saturated heterocycles. The average Bonchev–Trinajstić information content (AvgIpc) is 2.96. The zero-order valence-electron chi connectivity index (χ0n) is 15.3. The minimum atomic E-state index is -0.824. The third-order valence-electron chi connectivity index (χ3n) is 4.67. The Kier molecular flexibility index (Phi) is 5.25. The van der Waals surface area contributed by atoms with E-state index in [1.165, 1.54) is 0 Å². The monoisotopic (exact) mass is 340 g/mol. The number of nitrogens with one attached hydrogen (secondary N) is 2. The maximum absolute atomic E-state index is 9.86. The first-order valence-corrected chi connectivity index (χ1v) is 8.82. The molecule has 132 valence electrons. The molecule has 0 saturated carbocycles. The molecule has 1 aromatic carbocycles. The molecule has 1 aliphatic heterocycles. The Hall–Kier alpha value is -2.12. The van der Waals surface area contributed by atoms with Crippen LogP contribution in [0.4, 0.5) is 17.5 Å². The number of benzene rings is 1. The van der Waals surface area contributed by atoms with E-state index in [0.29, 0.717) is 18.6 Å². The van der Waals surface area contributed by atoms with E-state index in [9.17, 15) is 5.02 Å². The Labute approximate surface area is 149 Å². The smallest absolute Gasteiger partial charge is 0.423 e. The summed E-state index contributed by atoms with van der Waals surface area (Å²) >= 11 is 0. The largest absolute Gasteiger partial charge is 0.492 e. The number of aromatic nitrogens is 2. The molecule has 7 heteroatoms. The van der Waals surface area contributed by atoms with Gasteiger partial charge in [-0.1, -0.05) is 13.8 Å². The fourth-order valence-electron chi connectivity index (χ4n) is 3.13. The first-order valence-electron chi connectivity index (χ1n) is 8.82. The van der Waals surface area contributed by atoms with Crippen molar-refractivity contribution in [3.05, 3.63) is 35.0 Å². The van der Waals surface area contributed by atoms with Crippen molar-refractivity contribution in [3.8, 4) is 0 Å². The zero-order chi connectivity index (χ0) is 18.0. The van der Waals surface area contributed by atoms with Gasteiger partial charge in [0.25, 0.3) is 0 Å². The summed E-state index contributed by atoms with van der Waals surface area (Å²) in [6.45, 7) is 8.73. The van der Waals surface area contributed by atoms with Gasteiger partial charge >= 0.3 is 7.12 Å². The van der Waals surface area contributed by atoms with Crippen LogP contribution in [0.15, 0.2) is 18.3 Å². The van der Waals surface area contributed by atoms with Gasteiger partial charge in [-0.15, -0.1) is 0 Å². The van der Waals surface area contributed by atoms with Crippen LogP contribution in [0.2, 0.25) is 0 Å². The van der Waals surface area contributed by atoms with Gasteiger partial charge in [0.2, 0.25) is 5.95 Å². The Morgan fingerprint density at radius 2 is 2.00 bits per heavy atom. The molecule has 1 aliphatic rings. The third-order valence-corrected chi connectivity index (χ3v) is 4.67. The second kappa shape index (κ2) is 7.41. The van der Waals surface area contributed by atoms with E-state index in [4.69, 9.17) is 4.65 Å². The number of hydrogen-bond acceptors (Lipinski definition) is 6. The standard InChI is InChI=1S/C18H25BN4O2/c1-5-14(6-2)21-17-12(4)9-20-18(23-17)22-15-7-11(3)16-13(8-15)10-25-19(16)24/h7-9,14,24H,5-6,10H2,1-4H3,(H2,20,21,22,23). The highest BCUT2D eigenvalue weighted by atomic mass is 16.5. The molecule has 0 unspecified atom stereocenters. The Bertz CT molecular complexity index is 765. The van der Waals surface area contributed by atoms with E-state index in [0.717, 1.165) is 46.5 Å². The van der Waals surface area contributed by atoms with Crippen LogP contribution in [-0.4, -0.2) is 28.2 Å². The van der Waals surface area contributed by atoms with Crippen LogP contribution in [0.5, 0.6) is 0 Å². The van der Waals surface area contributed by atoms with Gasteiger partial charge < -0.3 is 20.3 Å². The van der Waals surface area contributed by atoms with E-state index in [1.807, 2.05) is 32.2 Å². The third kappa shape index (κ3) is 3.77. The molecule has 3 rings (SSSR count). The van der Waals surface area contributed by atoms with Crippen molar-refractivity contribution in [2.75, 3.05) is 10.6 Å². The lowest BCUT2D eigenvalue weighted by Gasteiger charge is -2.18. The minimum absolute atomic E-state index is 0.405. The maximum atomic E-state index is 9.86. The van der Waals surface area contributed by atoms with Gasteiger partial charge in [0, 0.05) is 23.5 Å². The van der Waals surface area contributed by atoms with Crippen molar-refractivity contribution >= 4 is 30.0 Å². The van der Waals surface area contributed by atoms with Crippen LogP contribution in [-0.2, 0) is 11.3 Å². The molecule has 1 aromatic heterocycles. The summed E-state index contributed by atoms with van der Waals surface area (Å²) < 4.78 is 5.30. The van der Waals surface area contributed by atoms with E-state index in [1.54, 1.807) is 0 Å². The Morgan fingerprint density at radius 1 is 1.24 bits per heavy atom. The van der Waals surface area contributed by atoms with Crippen LogP contribution >= 0.6 is 0 Å². The van der Waals surface area contributed by atoms with E-state index < -0.39 is 7.12 Å². The first-order chi connectivity index (χ1) is 12.0. The number of fused-ring (bicyclic) bond motifs is 1. The number of nitrogens with zero attached hydrogens (tertiary/aromatic N) is 2. The highest BCUT2D eigenvalue weighted by Gasteiger charge is 2.29. The van der Waals surface area contributed by atoms with Crippen molar-refractivity contribution in [1.29, 1.82) is 0 Å². The van der Waals surface area contributed by atoms with Gasteiger partial charge in [-0.2, -0.15) is 4.98 Å². The summed E-state index contributed by atoms with van der Waals surface area (Å²) in [5.41, 5.74) is 4.78. The van der Waals surface area contributed by atoms with Crippen molar-refractivity contribution in [1.82, 2.24) is 9.97 Å². The van der Waals surface area contributed by atoms with Gasteiger partial charge in [0.05, 0.1) is 6.61 Å². The number of rotatable bonds is 6. The van der Waals surface area contributed by atoms with Gasteiger partial charge in [-0.25, -0.2) is 4.98 Å². The van der Waals surface area contributed by atoms with Gasteiger partial charge in [-0.3, -0.25) is 0 Å². The summed E-state index contributed by atoms with van der Waals surface area (Å²) in [6, 6.07) is 4.37. The maximum Gasteiger partial charge on any atom is 0.492 e. The summed E-state index contributed by atoms with van der Waals surface area (Å²) in [5.74, 6) is 1.42. The van der Waals surface area contributed by atoms with E-state index in [-0.39, 0.29) is 0 Å². The lowest BCUT2D eigenvalue weighted by molar-refractivity contribution is 0.275. The molecule has 0 amide bonds. The molecule has 2 heterocycles. The Morgan fingerprint density at radius 3 is 2.72 bits per heavy atom. The summed E-state index contributed by atoms with van der Waals surface area (Å²) in [6.07, 6.45) is 3.93. The number of aryl methyl sites for hydroxylation is 2. The summed E-state index contributed by atoms with van der Waals surface area (Å²) in [7, 11) is -0.824. The number of anilines is 3. The second-order valence-electron chi connectivity index (χ2n) is 6.54. The molecule has 2 aromatic rings. The van der Waals surface area contributed by atoms with Gasteiger partial charge in [0.1, 0.15) is 5.82 Å². The molecule has 0 radical (unpaired) electrons. The molecule has 0 atom stereocenters. The van der Waals surface area contributed by atoms with Gasteiger partial charge in [0.15, 0.2) is 0 Å². The summed E-state index contributed by atoms with van der Waals surface area (Å²) in [5, 5.41) is 16.6. The Balaban J connectivity index is 1.83. The van der Waals surface area contributed by atoms with E-state index >= 15 is 0 Å². The molecule has 0 spiro atoms. The predicted octanol–water partition coefficient (Wildman–Crippen LogP) is 2.66. The number of hydrogen-bond donors (Lipinski definition) is 3. The van der Waals surface area contributed by atoms with Crippen LogP contribution < -0.4 is 16.1 Å². The molecular formula is C18H25BN4O2. The highest BCUT2D eigenvalue weighted by Crippen LogP contribution is 2.22. The topological polar surface area (TPSA) is 79.3 Å². The minimum Gasteiger partial charge on any atom is -0.423 e. The fourth-order valence-corrected chi connectivity index (χ4v) is 3.13. The van der Waals surface area contributed by atoms with Crippen molar-refractivity contribution < 1.29 is 9.68 Å². The van der Waals surface area contributed by atoms with Crippen molar-refractivity contribution in [3.63, 3.8) is 0 Å². The lowest BCUT2D eigenvalue weighted by atomic mass is 9.76. The first kappa shape index (κ1) is 17.7. The summed E-state index contributed by atoms with van der Waals surface area (Å²) in [4.78, 5) is 9.02. The molecule has 0 bridgehead atoms. The molecule has 25 heavy (non-hydrogen) atoms. The fraction of sp³-hybridized carbons (Fsp3) is 0.444. The van der Waals surface area contributed by atoms with Crippen molar-refractivity contribution in [2.45, 2.75) is 53.2 Å². The van der Waals surface area contributed by atoms with Crippen LogP contribution in [0.25, 0.3) is 0 Å². The van der Waals surface area contributed by atoms with Crippen LogP contribution in [0.1, 0.15) is 43.4 Å². The average molecular weight is 340 g/mol. The molecule has 0 aliphatic carbocycles. The van der Waals surface area contributed by atoms with Gasteiger partial charge in [-0.05, 0) is 55.4 Å². The second-order valence-corrected chi connectivity index (χ2v) is 6.54. The molecule has 0 fully saturated rings. The predicted molar refractivity (Wildman–Crippen MR) is 102 cm³/mol. The van der Waals surface area contributed by atoms with Crippen molar-refractivity contribution in [2.24, 2.45) is 0 Å². The van der Waals surface area contributed by atoms with Crippen LogP contribution in [0, 0.1) is 13.8 Å². The SMILES string of the molecule is CCC(CC)Nc1nc(Nc2cc(C)c3c(c2)COB3O)ncc1C. The zero-order valence-corrected chi connectivity index (χ0v) is 15.3. The lowest BCUT2D eigenvalue weighted by Crippen LogP contribution is -2.30. The molecule has 3 N–H and O–H groups in total. The quantitative estimate of drug-likeness (QED) is 0.702. The molecule has 6 nitrogen and oxygen atoms in total. The normalized spacial score (nSPS) is 13.3. The van der Waals surface area contributed by atoms with E-state index in [2.05, 4.69) is 34.4 Å².